The number of hydrogen-bond acceptors (Lipinski definition) is 5. The molecule has 0 aliphatic carbocycles. The van der Waals surface area contributed by atoms with E-state index < -0.39 is 15.4 Å². The molecule has 0 spiro atoms. The van der Waals surface area contributed by atoms with Crippen LogP contribution in [0.5, 0.6) is 5.75 Å². The summed E-state index contributed by atoms with van der Waals surface area (Å²) in [5, 5.41) is 2.74. The minimum atomic E-state index is -3.10. The smallest absolute Gasteiger partial charge is 0.270 e. The van der Waals surface area contributed by atoms with Crippen molar-refractivity contribution in [2.75, 3.05) is 23.5 Å². The third kappa shape index (κ3) is 5.17. The van der Waals surface area contributed by atoms with Gasteiger partial charge in [0.1, 0.15) is 5.75 Å². The molecule has 2 heterocycles. The highest BCUT2D eigenvalue weighted by Crippen LogP contribution is 2.22. The molecule has 1 atom stereocenters. The summed E-state index contributed by atoms with van der Waals surface area (Å²) in [5.74, 6) is -0.183. The summed E-state index contributed by atoms with van der Waals surface area (Å²) in [6, 6.07) is 10.3. The lowest BCUT2D eigenvalue weighted by Crippen LogP contribution is -2.48. The number of aromatic nitrogens is 1. The molecule has 1 fully saturated rings. The van der Waals surface area contributed by atoms with Gasteiger partial charge in [-0.25, -0.2) is 8.42 Å². The van der Waals surface area contributed by atoms with Crippen LogP contribution in [-0.2, 0) is 14.6 Å². The Morgan fingerprint density at radius 1 is 1.10 bits per heavy atom. The quantitative estimate of drug-likeness (QED) is 0.739. The number of rotatable bonds is 6. The highest BCUT2D eigenvalue weighted by molar-refractivity contribution is 7.91. The van der Waals surface area contributed by atoms with Gasteiger partial charge in [0.2, 0.25) is 0 Å². The van der Waals surface area contributed by atoms with Crippen LogP contribution in [0.2, 0.25) is 0 Å². The second-order valence-electron chi connectivity index (χ2n) is 7.66. The summed E-state index contributed by atoms with van der Waals surface area (Å²) in [4.78, 5) is 24.5. The lowest BCUT2D eigenvalue weighted by molar-refractivity contribution is -0.124. The molecule has 1 aromatic heterocycles. The van der Waals surface area contributed by atoms with Crippen LogP contribution >= 0.6 is 0 Å². The van der Waals surface area contributed by atoms with Gasteiger partial charge in [-0.2, -0.15) is 0 Å². The number of aryl methyl sites for hydroxylation is 2. The van der Waals surface area contributed by atoms with Gasteiger partial charge in [-0.05, 0) is 63.6 Å². The maximum atomic E-state index is 12.4. The van der Waals surface area contributed by atoms with Gasteiger partial charge in [0, 0.05) is 17.0 Å². The fourth-order valence-electron chi connectivity index (χ4n) is 3.34. The number of nitrogens with zero attached hydrogens (tertiary/aromatic N) is 1. The number of carbonyl (C=O) groups excluding carboxylic acids is 2. The number of benzene rings is 1. The summed E-state index contributed by atoms with van der Waals surface area (Å²) >= 11 is 0. The maximum absolute atomic E-state index is 12.4. The average Bonchev–Trinajstić information content (AvgIpc) is 3.12. The highest BCUT2D eigenvalue weighted by atomic mass is 32.2. The van der Waals surface area contributed by atoms with Crippen molar-refractivity contribution in [2.45, 2.75) is 32.7 Å². The van der Waals surface area contributed by atoms with E-state index in [0.717, 1.165) is 11.4 Å². The predicted octanol–water partition coefficient (Wildman–Crippen LogP) is 1.56. The largest absolute Gasteiger partial charge is 0.484 e. The normalized spacial score (nSPS) is 20.2. The van der Waals surface area contributed by atoms with Crippen molar-refractivity contribution in [1.82, 2.24) is 9.99 Å². The number of hydrogen-bond donors (Lipinski definition) is 2. The first-order chi connectivity index (χ1) is 13.6. The van der Waals surface area contributed by atoms with Crippen LogP contribution in [0.25, 0.3) is 0 Å². The fourth-order valence-corrected chi connectivity index (χ4v) is 5.44. The summed E-state index contributed by atoms with van der Waals surface area (Å²) in [6.45, 7) is 5.29. The molecule has 0 unspecified atom stereocenters. The monoisotopic (exact) mass is 419 g/mol. The molecule has 2 N–H and O–H groups in total. The van der Waals surface area contributed by atoms with Gasteiger partial charge in [-0.1, -0.05) is 0 Å². The molecule has 2 aromatic rings. The minimum Gasteiger partial charge on any atom is -0.484 e. The van der Waals surface area contributed by atoms with Gasteiger partial charge in [0.05, 0.1) is 17.0 Å². The van der Waals surface area contributed by atoms with E-state index in [2.05, 4.69) is 10.7 Å². The first-order valence-electron chi connectivity index (χ1n) is 9.28. The molecule has 8 nitrogen and oxygen atoms in total. The fraction of sp³-hybridized carbons (Fsp3) is 0.400. The number of ether oxygens (including phenoxy) is 1. The number of amides is 2. The van der Waals surface area contributed by atoms with Crippen LogP contribution in [0.3, 0.4) is 0 Å². The Hall–Kier alpha value is -2.81. The Kier molecular flexibility index (Phi) is 5.70. The Morgan fingerprint density at radius 2 is 1.72 bits per heavy atom. The van der Waals surface area contributed by atoms with Crippen LogP contribution in [-0.4, -0.2) is 48.6 Å². The third-order valence-electron chi connectivity index (χ3n) is 4.92. The molecule has 1 aliphatic rings. The van der Waals surface area contributed by atoms with E-state index in [0.29, 0.717) is 17.7 Å². The van der Waals surface area contributed by atoms with Gasteiger partial charge >= 0.3 is 0 Å². The molecule has 1 aromatic carbocycles. The maximum Gasteiger partial charge on any atom is 0.270 e. The predicted molar refractivity (Wildman–Crippen MR) is 109 cm³/mol. The van der Waals surface area contributed by atoms with Gasteiger partial charge in [-0.3, -0.25) is 19.7 Å². The van der Waals surface area contributed by atoms with Crippen molar-refractivity contribution in [2.24, 2.45) is 0 Å². The zero-order valence-electron chi connectivity index (χ0n) is 16.7. The SMILES string of the molecule is Cc1ccc(C)n1NC(=O)c1ccc(OCC(=O)N[C@@]2(C)CCS(=O)(=O)C2)cc1. The van der Waals surface area contributed by atoms with Crippen LogP contribution in [0.1, 0.15) is 35.1 Å². The molecule has 1 aliphatic heterocycles. The Balaban J connectivity index is 1.53. The Labute approximate surface area is 170 Å². The molecule has 1 saturated heterocycles. The summed E-state index contributed by atoms with van der Waals surface area (Å²) in [7, 11) is -3.10. The van der Waals surface area contributed by atoms with E-state index in [-0.39, 0.29) is 29.9 Å². The molecule has 29 heavy (non-hydrogen) atoms. The van der Waals surface area contributed by atoms with Crippen molar-refractivity contribution in [3.05, 3.63) is 53.3 Å². The minimum absolute atomic E-state index is 0.0596. The summed E-state index contributed by atoms with van der Waals surface area (Å²) in [5.41, 5.74) is 4.37. The van der Waals surface area contributed by atoms with Gasteiger partial charge < -0.3 is 10.1 Å². The van der Waals surface area contributed by atoms with Crippen molar-refractivity contribution >= 4 is 21.7 Å². The molecule has 2 amide bonds. The van der Waals surface area contributed by atoms with Gasteiger partial charge in [0.15, 0.2) is 16.4 Å². The van der Waals surface area contributed by atoms with Gasteiger partial charge in [-0.15, -0.1) is 0 Å². The van der Waals surface area contributed by atoms with E-state index in [4.69, 9.17) is 4.74 Å². The lowest BCUT2D eigenvalue weighted by Gasteiger charge is -2.23. The molecule has 9 heteroatoms. The summed E-state index contributed by atoms with van der Waals surface area (Å²) < 4.78 is 30.4. The van der Waals surface area contributed by atoms with E-state index >= 15 is 0 Å². The van der Waals surface area contributed by atoms with E-state index in [1.807, 2.05) is 26.0 Å². The van der Waals surface area contributed by atoms with Crippen LogP contribution in [0.4, 0.5) is 0 Å². The highest BCUT2D eigenvalue weighted by Gasteiger charge is 2.39. The van der Waals surface area contributed by atoms with Crippen LogP contribution in [0.15, 0.2) is 36.4 Å². The van der Waals surface area contributed by atoms with E-state index in [1.54, 1.807) is 35.9 Å². The lowest BCUT2D eigenvalue weighted by atomic mass is 10.0. The number of carbonyl (C=O) groups is 2. The number of sulfone groups is 1. The van der Waals surface area contributed by atoms with Crippen molar-refractivity contribution < 1.29 is 22.7 Å². The molecule has 3 rings (SSSR count). The molecule has 0 saturated carbocycles. The zero-order chi connectivity index (χ0) is 21.2. The second-order valence-corrected chi connectivity index (χ2v) is 9.84. The zero-order valence-corrected chi connectivity index (χ0v) is 17.5. The van der Waals surface area contributed by atoms with Crippen molar-refractivity contribution in [1.29, 1.82) is 0 Å². The molecule has 0 bridgehead atoms. The van der Waals surface area contributed by atoms with E-state index in [1.165, 1.54) is 0 Å². The summed E-state index contributed by atoms with van der Waals surface area (Å²) in [6.07, 6.45) is 0.394. The first kappa shape index (κ1) is 20.9. The van der Waals surface area contributed by atoms with Crippen molar-refractivity contribution in [3.8, 4) is 5.75 Å². The molecular formula is C20H25N3O5S. The number of nitrogens with one attached hydrogen (secondary N) is 2. The average molecular weight is 420 g/mol. The first-order valence-corrected chi connectivity index (χ1v) is 11.1. The second kappa shape index (κ2) is 7.90. The van der Waals surface area contributed by atoms with Crippen LogP contribution in [0, 0.1) is 13.8 Å². The van der Waals surface area contributed by atoms with E-state index in [9.17, 15) is 18.0 Å². The Morgan fingerprint density at radius 3 is 2.28 bits per heavy atom. The third-order valence-corrected chi connectivity index (χ3v) is 6.82. The molecular weight excluding hydrogens is 394 g/mol. The molecule has 156 valence electrons. The topological polar surface area (TPSA) is 106 Å². The molecule has 0 radical (unpaired) electrons. The van der Waals surface area contributed by atoms with Crippen molar-refractivity contribution in [3.63, 3.8) is 0 Å². The van der Waals surface area contributed by atoms with Crippen LogP contribution < -0.4 is 15.5 Å². The standard InChI is InChI=1S/C20H25N3O5S/c1-14-4-5-15(2)23(14)22-19(25)16-6-8-17(9-7-16)28-12-18(24)21-20(3)10-11-29(26,27)13-20/h4-9H,10-13H2,1-3H3,(H,21,24)(H,22,25)/t20-/m0/s1. The van der Waals surface area contributed by atoms with Gasteiger partial charge in [0.25, 0.3) is 11.8 Å². The Bertz CT molecular complexity index is 1010.